The zero-order valence-electron chi connectivity index (χ0n) is 15.3. The van der Waals surface area contributed by atoms with Crippen LogP contribution < -0.4 is 0 Å². The molecule has 2 aliphatic carbocycles. The van der Waals surface area contributed by atoms with E-state index in [1.54, 1.807) is 0 Å². The summed E-state index contributed by atoms with van der Waals surface area (Å²) >= 11 is 0. The van der Waals surface area contributed by atoms with Crippen molar-refractivity contribution in [3.8, 4) is 0 Å². The second-order valence-corrected chi connectivity index (χ2v) is 8.72. The molecular weight excluding hydrogens is 268 g/mol. The smallest absolute Gasteiger partial charge is 0.159 e. The SMILES string of the molecule is C=C(C)[C@@H]1CC(=O)C(C)=C(CCC2(C)CCCCC2)C1(C)C. The van der Waals surface area contributed by atoms with Gasteiger partial charge in [-0.15, -0.1) is 0 Å². The molecule has 0 bridgehead atoms. The van der Waals surface area contributed by atoms with E-state index in [9.17, 15) is 4.79 Å². The van der Waals surface area contributed by atoms with Crippen molar-refractivity contribution in [1.29, 1.82) is 0 Å². The molecule has 0 saturated heterocycles. The summed E-state index contributed by atoms with van der Waals surface area (Å²) in [5.41, 5.74) is 4.17. The Morgan fingerprint density at radius 2 is 1.77 bits per heavy atom. The van der Waals surface area contributed by atoms with Gasteiger partial charge in [-0.25, -0.2) is 0 Å². The van der Waals surface area contributed by atoms with Crippen LogP contribution in [0.5, 0.6) is 0 Å². The number of rotatable bonds is 4. The molecule has 1 atom stereocenters. The molecule has 0 N–H and O–H groups in total. The lowest BCUT2D eigenvalue weighted by Gasteiger charge is -2.43. The molecule has 0 aliphatic heterocycles. The van der Waals surface area contributed by atoms with Crippen molar-refractivity contribution in [3.05, 3.63) is 23.3 Å². The van der Waals surface area contributed by atoms with Crippen molar-refractivity contribution in [2.45, 2.75) is 86.0 Å². The Labute approximate surface area is 137 Å². The molecule has 0 aromatic heterocycles. The van der Waals surface area contributed by atoms with Crippen LogP contribution in [0.3, 0.4) is 0 Å². The lowest BCUT2D eigenvalue weighted by Crippen LogP contribution is -2.36. The summed E-state index contributed by atoms with van der Waals surface area (Å²) in [4.78, 5) is 12.4. The maximum absolute atomic E-state index is 12.4. The van der Waals surface area contributed by atoms with Crippen LogP contribution in [0.2, 0.25) is 0 Å². The summed E-state index contributed by atoms with van der Waals surface area (Å²) in [5.74, 6) is 0.647. The molecule has 1 nitrogen and oxygen atoms in total. The van der Waals surface area contributed by atoms with Gasteiger partial charge in [-0.05, 0) is 61.9 Å². The summed E-state index contributed by atoms with van der Waals surface area (Å²) in [6.07, 6.45) is 9.85. The van der Waals surface area contributed by atoms with Crippen LogP contribution in [-0.4, -0.2) is 5.78 Å². The fourth-order valence-corrected chi connectivity index (χ4v) is 4.84. The van der Waals surface area contributed by atoms with Crippen LogP contribution in [0.4, 0.5) is 0 Å². The van der Waals surface area contributed by atoms with Gasteiger partial charge >= 0.3 is 0 Å². The Morgan fingerprint density at radius 3 is 2.32 bits per heavy atom. The highest BCUT2D eigenvalue weighted by atomic mass is 16.1. The lowest BCUT2D eigenvalue weighted by molar-refractivity contribution is -0.117. The average molecular weight is 303 g/mol. The minimum absolute atomic E-state index is 0.0782. The summed E-state index contributed by atoms with van der Waals surface area (Å²) in [6.45, 7) is 15.4. The van der Waals surface area contributed by atoms with Crippen LogP contribution in [-0.2, 0) is 4.79 Å². The fraction of sp³-hybridized carbons (Fsp3) is 0.762. The zero-order chi connectivity index (χ0) is 16.5. The molecule has 0 amide bonds. The quantitative estimate of drug-likeness (QED) is 0.561. The molecule has 124 valence electrons. The van der Waals surface area contributed by atoms with Gasteiger partial charge in [0.2, 0.25) is 0 Å². The molecule has 1 fully saturated rings. The monoisotopic (exact) mass is 302 g/mol. The Bertz CT molecular complexity index is 486. The lowest BCUT2D eigenvalue weighted by atomic mass is 9.61. The first-order valence-corrected chi connectivity index (χ1v) is 9.06. The Hall–Kier alpha value is -0.850. The van der Waals surface area contributed by atoms with Crippen molar-refractivity contribution < 1.29 is 4.79 Å². The van der Waals surface area contributed by atoms with E-state index in [4.69, 9.17) is 0 Å². The molecule has 1 heteroatoms. The van der Waals surface area contributed by atoms with E-state index >= 15 is 0 Å². The minimum atomic E-state index is 0.0782. The number of allylic oxidation sites excluding steroid dienone is 3. The normalized spacial score (nSPS) is 27.9. The highest BCUT2D eigenvalue weighted by Crippen LogP contribution is 2.50. The first-order valence-electron chi connectivity index (χ1n) is 9.06. The third-order valence-corrected chi connectivity index (χ3v) is 6.54. The van der Waals surface area contributed by atoms with Gasteiger partial charge in [-0.1, -0.05) is 57.8 Å². The molecule has 1 saturated carbocycles. The third-order valence-electron chi connectivity index (χ3n) is 6.54. The number of hydrogen-bond acceptors (Lipinski definition) is 1. The predicted molar refractivity (Wildman–Crippen MR) is 94.8 cm³/mol. The van der Waals surface area contributed by atoms with Crippen molar-refractivity contribution >= 4 is 5.78 Å². The van der Waals surface area contributed by atoms with Crippen LogP contribution in [0.25, 0.3) is 0 Å². The molecule has 0 aromatic carbocycles. The van der Waals surface area contributed by atoms with Gasteiger partial charge < -0.3 is 0 Å². The molecule has 0 unspecified atom stereocenters. The van der Waals surface area contributed by atoms with Gasteiger partial charge in [0.25, 0.3) is 0 Å². The van der Waals surface area contributed by atoms with Crippen LogP contribution in [0, 0.1) is 16.7 Å². The largest absolute Gasteiger partial charge is 0.295 e. The number of carbonyl (C=O) groups excluding carboxylic acids is 1. The number of hydrogen-bond donors (Lipinski definition) is 0. The Morgan fingerprint density at radius 1 is 1.18 bits per heavy atom. The summed E-state index contributed by atoms with van der Waals surface area (Å²) in [7, 11) is 0. The molecule has 0 aromatic rings. The van der Waals surface area contributed by atoms with Gasteiger partial charge in [0, 0.05) is 6.42 Å². The molecular formula is C21H34O. The van der Waals surface area contributed by atoms with Crippen molar-refractivity contribution in [1.82, 2.24) is 0 Å². The first-order chi connectivity index (χ1) is 10.2. The van der Waals surface area contributed by atoms with E-state index in [0.29, 0.717) is 23.5 Å². The summed E-state index contributed by atoms with van der Waals surface area (Å²) in [5, 5.41) is 0. The van der Waals surface area contributed by atoms with E-state index in [0.717, 1.165) is 17.6 Å². The third kappa shape index (κ3) is 3.39. The van der Waals surface area contributed by atoms with E-state index in [1.807, 2.05) is 0 Å². The fourth-order valence-electron chi connectivity index (χ4n) is 4.84. The Balaban J connectivity index is 2.20. The highest BCUT2D eigenvalue weighted by Gasteiger charge is 2.41. The number of Topliss-reactive ketones (excluding diaryl/α,β-unsaturated/α-hetero) is 1. The number of carbonyl (C=O) groups is 1. The molecule has 0 heterocycles. The van der Waals surface area contributed by atoms with Gasteiger partial charge in [0.15, 0.2) is 5.78 Å². The Kier molecular flexibility index (Phi) is 5.04. The van der Waals surface area contributed by atoms with Crippen molar-refractivity contribution in [2.75, 3.05) is 0 Å². The summed E-state index contributed by atoms with van der Waals surface area (Å²) in [6, 6.07) is 0. The zero-order valence-corrected chi connectivity index (χ0v) is 15.3. The first kappa shape index (κ1) is 17.5. The molecule has 2 aliphatic rings. The standard InChI is InChI=1S/C21H34O/c1-15(2)18-14-19(22)16(3)17(20(18,4)5)10-13-21(6)11-8-7-9-12-21/h18H,1,7-14H2,2-6H3/t18-/m0/s1. The van der Waals surface area contributed by atoms with E-state index in [2.05, 4.69) is 41.2 Å². The van der Waals surface area contributed by atoms with Gasteiger partial charge in [0.1, 0.15) is 0 Å². The molecule has 0 radical (unpaired) electrons. The van der Waals surface area contributed by atoms with E-state index in [-0.39, 0.29) is 5.41 Å². The predicted octanol–water partition coefficient (Wildman–Crippen LogP) is 6.24. The molecule has 2 rings (SSSR count). The maximum atomic E-state index is 12.4. The minimum Gasteiger partial charge on any atom is -0.295 e. The highest BCUT2D eigenvalue weighted by molar-refractivity contribution is 5.97. The van der Waals surface area contributed by atoms with Crippen LogP contribution >= 0.6 is 0 Å². The number of ketones is 1. The van der Waals surface area contributed by atoms with Gasteiger partial charge in [0.05, 0.1) is 0 Å². The van der Waals surface area contributed by atoms with Gasteiger partial charge in [-0.2, -0.15) is 0 Å². The van der Waals surface area contributed by atoms with Crippen molar-refractivity contribution in [3.63, 3.8) is 0 Å². The van der Waals surface area contributed by atoms with Crippen LogP contribution in [0.1, 0.15) is 86.0 Å². The second-order valence-electron chi connectivity index (χ2n) is 8.72. The summed E-state index contributed by atoms with van der Waals surface area (Å²) < 4.78 is 0. The second kappa shape index (κ2) is 6.34. The molecule has 22 heavy (non-hydrogen) atoms. The van der Waals surface area contributed by atoms with E-state index in [1.165, 1.54) is 44.1 Å². The van der Waals surface area contributed by atoms with Crippen molar-refractivity contribution in [2.24, 2.45) is 16.7 Å². The van der Waals surface area contributed by atoms with Crippen LogP contribution in [0.15, 0.2) is 23.3 Å². The van der Waals surface area contributed by atoms with Gasteiger partial charge in [-0.3, -0.25) is 4.79 Å². The van der Waals surface area contributed by atoms with E-state index < -0.39 is 0 Å². The average Bonchev–Trinajstić information content (AvgIpc) is 2.43. The molecule has 0 spiro atoms. The maximum Gasteiger partial charge on any atom is 0.159 e. The topological polar surface area (TPSA) is 17.1 Å².